The van der Waals surface area contributed by atoms with Gasteiger partial charge < -0.3 is 14.4 Å². The lowest BCUT2D eigenvalue weighted by Crippen LogP contribution is -2.46. The van der Waals surface area contributed by atoms with E-state index in [4.69, 9.17) is 9.47 Å². The molecular formula is C19H28F2N4O3. The molecule has 0 aliphatic carbocycles. The van der Waals surface area contributed by atoms with Crippen LogP contribution in [-0.4, -0.2) is 50.2 Å². The Morgan fingerprint density at radius 1 is 1.29 bits per heavy atom. The number of ether oxygens (including phenoxy) is 2. The lowest BCUT2D eigenvalue weighted by molar-refractivity contribution is 0.00735. The molecule has 0 bridgehead atoms. The third-order valence-electron chi connectivity index (χ3n) is 3.96. The molecule has 1 aliphatic rings. The molecule has 9 heteroatoms. The van der Waals surface area contributed by atoms with E-state index in [1.54, 1.807) is 4.90 Å². The third-order valence-corrected chi connectivity index (χ3v) is 3.96. The largest absolute Gasteiger partial charge is 0.470 e. The molecule has 3 heterocycles. The molecule has 2 aromatic heterocycles. The number of carbonyl (C=O) groups is 1. The Morgan fingerprint density at radius 3 is 2.64 bits per heavy atom. The summed E-state index contributed by atoms with van der Waals surface area (Å²) in [4.78, 5) is 21.9. The summed E-state index contributed by atoms with van der Waals surface area (Å²) in [7, 11) is 0. The number of amides is 1. The van der Waals surface area contributed by atoms with Crippen molar-refractivity contribution in [3.8, 4) is 5.88 Å². The van der Waals surface area contributed by atoms with Gasteiger partial charge in [-0.2, -0.15) is 0 Å². The third kappa shape index (κ3) is 5.30. The Labute approximate surface area is 163 Å². The Bertz CT molecular complexity index is 789. The first kappa shape index (κ1) is 21.8. The molecule has 2 aromatic rings. The van der Waals surface area contributed by atoms with E-state index in [9.17, 15) is 13.6 Å². The van der Waals surface area contributed by atoms with Crippen LogP contribution in [0.15, 0.2) is 18.6 Å². The van der Waals surface area contributed by atoms with Gasteiger partial charge in [0.2, 0.25) is 5.65 Å². The van der Waals surface area contributed by atoms with Gasteiger partial charge in [0, 0.05) is 18.9 Å². The van der Waals surface area contributed by atoms with Crippen LogP contribution in [0.4, 0.5) is 13.6 Å². The second-order valence-corrected chi connectivity index (χ2v) is 7.22. The molecule has 1 aliphatic heterocycles. The average Bonchev–Trinajstić information content (AvgIpc) is 3.08. The Morgan fingerprint density at radius 2 is 2.00 bits per heavy atom. The predicted molar refractivity (Wildman–Crippen MR) is 101 cm³/mol. The maximum atomic E-state index is 13.0. The Hall–Kier alpha value is -2.45. The van der Waals surface area contributed by atoms with Gasteiger partial charge in [0.05, 0.1) is 12.7 Å². The van der Waals surface area contributed by atoms with E-state index in [-0.39, 0.29) is 23.3 Å². The van der Waals surface area contributed by atoms with Crippen LogP contribution in [0.1, 0.15) is 59.6 Å². The minimum absolute atomic E-state index is 0.176. The van der Waals surface area contributed by atoms with E-state index < -0.39 is 18.1 Å². The number of aromatic nitrogens is 3. The van der Waals surface area contributed by atoms with Crippen LogP contribution >= 0.6 is 0 Å². The van der Waals surface area contributed by atoms with E-state index in [2.05, 4.69) is 9.97 Å². The van der Waals surface area contributed by atoms with Gasteiger partial charge in [-0.25, -0.2) is 23.5 Å². The molecule has 1 fully saturated rings. The lowest BCUT2D eigenvalue weighted by Gasteiger charge is -2.33. The van der Waals surface area contributed by atoms with Crippen LogP contribution in [0.2, 0.25) is 0 Å². The number of rotatable bonds is 3. The highest BCUT2D eigenvalue weighted by Crippen LogP contribution is 2.25. The number of carbonyl (C=O) groups excluding carboxylic acids is 1. The van der Waals surface area contributed by atoms with Gasteiger partial charge in [0.1, 0.15) is 17.4 Å². The number of nitrogens with zero attached hydrogens (tertiary/aromatic N) is 4. The second-order valence-electron chi connectivity index (χ2n) is 7.22. The van der Waals surface area contributed by atoms with Crippen molar-refractivity contribution in [2.24, 2.45) is 0 Å². The number of hydrogen-bond donors (Lipinski definition) is 0. The van der Waals surface area contributed by atoms with Gasteiger partial charge in [-0.1, -0.05) is 13.8 Å². The van der Waals surface area contributed by atoms with Gasteiger partial charge in [-0.3, -0.25) is 4.40 Å². The highest BCUT2D eigenvalue weighted by Gasteiger charge is 2.29. The van der Waals surface area contributed by atoms with Gasteiger partial charge in [-0.15, -0.1) is 0 Å². The molecule has 28 heavy (non-hydrogen) atoms. The van der Waals surface area contributed by atoms with Crippen LogP contribution in [0.5, 0.6) is 5.88 Å². The number of piperidine rings is 1. The van der Waals surface area contributed by atoms with Gasteiger partial charge in [0.25, 0.3) is 12.3 Å². The molecule has 0 saturated carbocycles. The zero-order valence-electron chi connectivity index (χ0n) is 17.0. The zero-order valence-corrected chi connectivity index (χ0v) is 17.0. The summed E-state index contributed by atoms with van der Waals surface area (Å²) in [5, 5.41) is 0. The van der Waals surface area contributed by atoms with E-state index in [0.717, 1.165) is 19.0 Å². The number of hydrogen-bond acceptors (Lipinski definition) is 5. The first-order valence-electron chi connectivity index (χ1n) is 9.49. The molecule has 1 unspecified atom stereocenters. The second kappa shape index (κ2) is 9.16. The van der Waals surface area contributed by atoms with Gasteiger partial charge in [0.15, 0.2) is 0 Å². The molecule has 1 amide bonds. The number of alkyl halides is 2. The minimum atomic E-state index is -2.64. The minimum Gasteiger partial charge on any atom is -0.470 e. The molecule has 1 atom stereocenters. The number of imidazole rings is 1. The quantitative estimate of drug-likeness (QED) is 0.763. The van der Waals surface area contributed by atoms with Crippen molar-refractivity contribution in [3.63, 3.8) is 0 Å². The molecule has 1 saturated heterocycles. The van der Waals surface area contributed by atoms with Crippen molar-refractivity contribution >= 4 is 11.7 Å². The van der Waals surface area contributed by atoms with Crippen molar-refractivity contribution in [1.29, 1.82) is 0 Å². The standard InChI is InChI=1S/C17H22F2N4O3.C2H6/c1-17(2,3)26-16(24)22-7-4-5-11(10-22)25-15-14-21-9-12(13(18)19)23(14)8-6-20-15;1-2/h6,8-9,11,13H,4-5,7,10H2,1-3H3;1-2H3. The van der Waals surface area contributed by atoms with Crippen molar-refractivity contribution in [2.45, 2.75) is 65.6 Å². The van der Waals surface area contributed by atoms with Crippen LogP contribution < -0.4 is 4.74 Å². The molecule has 156 valence electrons. The molecule has 3 rings (SSSR count). The lowest BCUT2D eigenvalue weighted by atomic mass is 10.1. The summed E-state index contributed by atoms with van der Waals surface area (Å²) in [6, 6.07) is 0. The van der Waals surface area contributed by atoms with Crippen LogP contribution in [-0.2, 0) is 4.74 Å². The summed E-state index contributed by atoms with van der Waals surface area (Å²) in [5.74, 6) is 0.176. The van der Waals surface area contributed by atoms with Crippen LogP contribution in [0, 0.1) is 0 Å². The molecular weight excluding hydrogens is 370 g/mol. The molecule has 0 radical (unpaired) electrons. The van der Waals surface area contributed by atoms with E-state index in [1.807, 2.05) is 34.6 Å². The maximum absolute atomic E-state index is 13.0. The first-order valence-corrected chi connectivity index (χ1v) is 9.49. The summed E-state index contributed by atoms with van der Waals surface area (Å²) in [5.41, 5.74) is -0.553. The summed E-state index contributed by atoms with van der Waals surface area (Å²) in [6.45, 7) is 10.4. The molecule has 0 spiro atoms. The highest BCUT2D eigenvalue weighted by atomic mass is 19.3. The first-order chi connectivity index (χ1) is 13.2. The fourth-order valence-corrected chi connectivity index (χ4v) is 2.84. The van der Waals surface area contributed by atoms with E-state index >= 15 is 0 Å². The van der Waals surface area contributed by atoms with Crippen molar-refractivity contribution in [3.05, 3.63) is 24.3 Å². The fraction of sp³-hybridized carbons (Fsp3) is 0.632. The predicted octanol–water partition coefficient (Wildman–Crippen LogP) is 4.47. The van der Waals surface area contributed by atoms with E-state index in [0.29, 0.717) is 13.1 Å². The maximum Gasteiger partial charge on any atom is 0.410 e. The number of likely N-dealkylation sites (tertiary alicyclic amines) is 1. The number of halogens is 2. The van der Waals surface area contributed by atoms with Crippen molar-refractivity contribution in [1.82, 2.24) is 19.3 Å². The van der Waals surface area contributed by atoms with Crippen molar-refractivity contribution in [2.75, 3.05) is 13.1 Å². The normalized spacial score (nSPS) is 17.3. The SMILES string of the molecule is CC.CC(C)(C)OC(=O)N1CCCC(Oc2nccn3c(C(F)F)cnc23)C1. The Kier molecular flexibility index (Phi) is 7.15. The van der Waals surface area contributed by atoms with Crippen LogP contribution in [0.25, 0.3) is 5.65 Å². The summed E-state index contributed by atoms with van der Waals surface area (Å²) >= 11 is 0. The molecule has 0 N–H and O–H groups in total. The summed E-state index contributed by atoms with van der Waals surface area (Å²) < 4.78 is 38.6. The average molecular weight is 398 g/mol. The number of fused-ring (bicyclic) bond motifs is 1. The van der Waals surface area contributed by atoms with Crippen molar-refractivity contribution < 1.29 is 23.0 Å². The summed E-state index contributed by atoms with van der Waals surface area (Å²) in [6.07, 6.45) is 2.07. The van der Waals surface area contributed by atoms with E-state index in [1.165, 1.54) is 16.8 Å². The molecule has 7 nitrogen and oxygen atoms in total. The fourth-order valence-electron chi connectivity index (χ4n) is 2.84. The van der Waals surface area contributed by atoms with Gasteiger partial charge in [-0.05, 0) is 33.6 Å². The Balaban J connectivity index is 0.00000136. The topological polar surface area (TPSA) is 69.0 Å². The van der Waals surface area contributed by atoms with Gasteiger partial charge >= 0.3 is 6.09 Å². The zero-order chi connectivity index (χ0) is 20.9. The smallest absolute Gasteiger partial charge is 0.410 e. The highest BCUT2D eigenvalue weighted by molar-refractivity contribution is 5.68. The van der Waals surface area contributed by atoms with Crippen LogP contribution in [0.3, 0.4) is 0 Å². The monoisotopic (exact) mass is 398 g/mol. The molecule has 0 aromatic carbocycles.